The Kier molecular flexibility index (Phi) is 3.66. The summed E-state index contributed by atoms with van der Waals surface area (Å²) in [6, 6.07) is 7.81. The molecule has 2 rings (SSSR count). The second-order valence-corrected chi connectivity index (χ2v) is 4.47. The zero-order valence-electron chi connectivity index (χ0n) is 9.87. The van der Waals surface area contributed by atoms with E-state index in [1.54, 1.807) is 30.5 Å². The number of hydrogen-bond donors (Lipinski definition) is 0. The van der Waals surface area contributed by atoms with Gasteiger partial charge >= 0.3 is 5.97 Å². The fraction of sp³-hybridized carbons (Fsp3) is 0.0833. The standard InChI is InChI=1S/C12H9BrN2O4/c1-19-12(16)11-8(13)6-7-14(11)9-4-2-3-5-10(9)15(17)18/h2-7H,1H3. The SMILES string of the molecule is COC(=O)c1c(Br)ccn1-c1ccccc1[N+](=O)[O-]. The molecule has 0 unspecified atom stereocenters. The minimum atomic E-state index is -0.574. The van der Waals surface area contributed by atoms with Crippen LogP contribution in [-0.4, -0.2) is 22.6 Å². The molecule has 0 radical (unpaired) electrons. The highest BCUT2D eigenvalue weighted by Gasteiger charge is 2.22. The molecule has 0 bridgehead atoms. The summed E-state index contributed by atoms with van der Waals surface area (Å²) in [5.41, 5.74) is 0.422. The zero-order chi connectivity index (χ0) is 14.0. The van der Waals surface area contributed by atoms with E-state index in [9.17, 15) is 14.9 Å². The van der Waals surface area contributed by atoms with E-state index in [-0.39, 0.29) is 11.4 Å². The Hall–Kier alpha value is -2.15. The van der Waals surface area contributed by atoms with Gasteiger partial charge in [0.1, 0.15) is 11.4 Å². The van der Waals surface area contributed by atoms with Crippen LogP contribution in [0, 0.1) is 10.1 Å². The first kappa shape index (κ1) is 13.3. The molecule has 1 aromatic heterocycles. The van der Waals surface area contributed by atoms with Gasteiger partial charge in [0.15, 0.2) is 0 Å². The maximum absolute atomic E-state index is 11.7. The van der Waals surface area contributed by atoms with Crippen LogP contribution in [0.1, 0.15) is 10.5 Å². The predicted octanol–water partition coefficient (Wildman–Crippen LogP) is 2.93. The van der Waals surface area contributed by atoms with Gasteiger partial charge in [-0.25, -0.2) is 4.79 Å². The fourth-order valence-corrected chi connectivity index (χ4v) is 2.20. The van der Waals surface area contributed by atoms with E-state index in [1.807, 2.05) is 0 Å². The smallest absolute Gasteiger partial charge is 0.356 e. The van der Waals surface area contributed by atoms with Gasteiger partial charge in [-0.3, -0.25) is 10.1 Å². The number of ether oxygens (including phenoxy) is 1. The Morgan fingerprint density at radius 2 is 2.05 bits per heavy atom. The van der Waals surface area contributed by atoms with Gasteiger partial charge in [-0.05, 0) is 28.1 Å². The molecule has 1 heterocycles. The summed E-state index contributed by atoms with van der Waals surface area (Å²) in [6.45, 7) is 0. The molecule has 0 saturated carbocycles. The van der Waals surface area contributed by atoms with Crippen molar-refractivity contribution < 1.29 is 14.5 Å². The van der Waals surface area contributed by atoms with E-state index in [0.717, 1.165) is 0 Å². The lowest BCUT2D eigenvalue weighted by atomic mass is 10.2. The van der Waals surface area contributed by atoms with Gasteiger partial charge in [0.05, 0.1) is 16.5 Å². The number of rotatable bonds is 3. The van der Waals surface area contributed by atoms with Gasteiger partial charge < -0.3 is 9.30 Å². The van der Waals surface area contributed by atoms with Crippen molar-refractivity contribution >= 4 is 27.6 Å². The van der Waals surface area contributed by atoms with Crippen LogP contribution in [0.25, 0.3) is 5.69 Å². The zero-order valence-corrected chi connectivity index (χ0v) is 11.5. The first-order valence-electron chi connectivity index (χ1n) is 5.25. The van der Waals surface area contributed by atoms with Crippen molar-refractivity contribution in [3.8, 4) is 5.69 Å². The van der Waals surface area contributed by atoms with E-state index in [2.05, 4.69) is 20.7 Å². The van der Waals surface area contributed by atoms with Crippen LogP contribution < -0.4 is 0 Å². The van der Waals surface area contributed by atoms with E-state index in [1.165, 1.54) is 17.7 Å². The molecule has 0 saturated heterocycles. The van der Waals surface area contributed by atoms with E-state index < -0.39 is 10.9 Å². The normalized spacial score (nSPS) is 10.2. The monoisotopic (exact) mass is 324 g/mol. The molecular weight excluding hydrogens is 316 g/mol. The molecule has 98 valence electrons. The summed E-state index contributed by atoms with van der Waals surface area (Å²) in [6.07, 6.45) is 1.57. The van der Waals surface area contributed by atoms with E-state index in [4.69, 9.17) is 0 Å². The van der Waals surface area contributed by atoms with Gasteiger partial charge in [0.2, 0.25) is 0 Å². The predicted molar refractivity (Wildman–Crippen MR) is 71.5 cm³/mol. The molecule has 7 heteroatoms. The maximum Gasteiger partial charge on any atom is 0.356 e. The van der Waals surface area contributed by atoms with Gasteiger partial charge in [-0.2, -0.15) is 0 Å². The summed E-state index contributed by atoms with van der Waals surface area (Å²) >= 11 is 3.23. The molecule has 0 aliphatic heterocycles. The van der Waals surface area contributed by atoms with Gasteiger partial charge in [0, 0.05) is 12.3 Å². The number of methoxy groups -OCH3 is 1. The third-order valence-corrected chi connectivity index (χ3v) is 3.19. The Morgan fingerprint density at radius 1 is 1.37 bits per heavy atom. The highest BCUT2D eigenvalue weighted by molar-refractivity contribution is 9.10. The number of nitrogens with zero attached hydrogens (tertiary/aromatic N) is 2. The van der Waals surface area contributed by atoms with E-state index >= 15 is 0 Å². The number of carbonyl (C=O) groups is 1. The van der Waals surface area contributed by atoms with Crippen molar-refractivity contribution in [3.63, 3.8) is 0 Å². The molecule has 1 aromatic carbocycles. The van der Waals surface area contributed by atoms with Crippen LogP contribution in [0.15, 0.2) is 41.0 Å². The molecule has 0 spiro atoms. The lowest BCUT2D eigenvalue weighted by molar-refractivity contribution is -0.384. The molecule has 0 atom stereocenters. The van der Waals surface area contributed by atoms with Crippen LogP contribution in [-0.2, 0) is 4.74 Å². The number of esters is 1. The van der Waals surface area contributed by atoms with Crippen LogP contribution >= 0.6 is 15.9 Å². The van der Waals surface area contributed by atoms with Crippen molar-refractivity contribution in [2.24, 2.45) is 0 Å². The third kappa shape index (κ3) is 2.37. The van der Waals surface area contributed by atoms with Gasteiger partial charge in [-0.15, -0.1) is 0 Å². The molecule has 0 N–H and O–H groups in total. The summed E-state index contributed by atoms with van der Waals surface area (Å²) in [7, 11) is 1.26. The maximum atomic E-state index is 11.7. The summed E-state index contributed by atoms with van der Waals surface area (Å²) in [5, 5.41) is 11.0. The Labute approximate surface area is 116 Å². The summed E-state index contributed by atoms with van der Waals surface area (Å²) in [4.78, 5) is 22.2. The Balaban J connectivity index is 2.67. The van der Waals surface area contributed by atoms with Gasteiger partial charge in [-0.1, -0.05) is 12.1 Å². The number of halogens is 1. The average Bonchev–Trinajstić information content (AvgIpc) is 2.79. The number of carbonyl (C=O) groups excluding carboxylic acids is 1. The minimum Gasteiger partial charge on any atom is -0.464 e. The van der Waals surface area contributed by atoms with Crippen molar-refractivity contribution in [1.29, 1.82) is 0 Å². The average molecular weight is 325 g/mol. The highest BCUT2D eigenvalue weighted by atomic mass is 79.9. The molecule has 0 amide bonds. The van der Waals surface area contributed by atoms with Crippen LogP contribution in [0.5, 0.6) is 0 Å². The molecule has 0 aliphatic rings. The number of benzene rings is 1. The highest BCUT2D eigenvalue weighted by Crippen LogP contribution is 2.28. The van der Waals surface area contributed by atoms with Crippen LogP contribution in [0.3, 0.4) is 0 Å². The van der Waals surface area contributed by atoms with Crippen molar-refractivity contribution in [2.45, 2.75) is 0 Å². The third-order valence-electron chi connectivity index (χ3n) is 2.55. The molecule has 2 aromatic rings. The second kappa shape index (κ2) is 5.23. The van der Waals surface area contributed by atoms with Crippen molar-refractivity contribution in [2.75, 3.05) is 7.11 Å². The van der Waals surface area contributed by atoms with Crippen LogP contribution in [0.2, 0.25) is 0 Å². The fourth-order valence-electron chi connectivity index (χ4n) is 1.72. The Morgan fingerprint density at radius 3 is 2.68 bits per heavy atom. The van der Waals surface area contributed by atoms with Crippen molar-refractivity contribution in [3.05, 3.63) is 56.8 Å². The van der Waals surface area contributed by atoms with Crippen molar-refractivity contribution in [1.82, 2.24) is 4.57 Å². The lowest BCUT2D eigenvalue weighted by Gasteiger charge is -2.08. The summed E-state index contributed by atoms with van der Waals surface area (Å²) < 4.78 is 6.61. The quantitative estimate of drug-likeness (QED) is 0.494. The lowest BCUT2D eigenvalue weighted by Crippen LogP contribution is -2.10. The minimum absolute atomic E-state index is 0.0873. The Bertz CT molecular complexity index is 651. The van der Waals surface area contributed by atoms with Gasteiger partial charge in [0.25, 0.3) is 5.69 Å². The number of hydrogen-bond acceptors (Lipinski definition) is 4. The molecular formula is C12H9BrN2O4. The first-order chi connectivity index (χ1) is 9.06. The molecule has 0 fully saturated rings. The number of nitro benzene ring substituents is 1. The first-order valence-corrected chi connectivity index (χ1v) is 6.04. The molecule has 19 heavy (non-hydrogen) atoms. The second-order valence-electron chi connectivity index (χ2n) is 3.62. The largest absolute Gasteiger partial charge is 0.464 e. The number of para-hydroxylation sites is 2. The van der Waals surface area contributed by atoms with E-state index in [0.29, 0.717) is 10.2 Å². The summed E-state index contributed by atoms with van der Waals surface area (Å²) in [5.74, 6) is -0.574. The topological polar surface area (TPSA) is 74.4 Å². The van der Waals surface area contributed by atoms with Crippen LogP contribution in [0.4, 0.5) is 5.69 Å². The molecule has 6 nitrogen and oxygen atoms in total. The number of aromatic nitrogens is 1. The molecule has 0 aliphatic carbocycles. The number of nitro groups is 1.